The van der Waals surface area contributed by atoms with Crippen molar-refractivity contribution in [2.24, 2.45) is 0 Å². The molecule has 4 aromatic rings. The highest BCUT2D eigenvalue weighted by Gasteiger charge is 2.34. The number of hydrogen-bond acceptors (Lipinski definition) is 5. The lowest BCUT2D eigenvalue weighted by molar-refractivity contribution is -0.133. The normalized spacial score (nSPS) is 19.7. The van der Waals surface area contributed by atoms with Crippen molar-refractivity contribution in [2.75, 3.05) is 18.0 Å². The van der Waals surface area contributed by atoms with E-state index in [9.17, 15) is 9.59 Å². The van der Waals surface area contributed by atoms with Crippen LogP contribution in [0.15, 0.2) is 79.3 Å². The minimum Gasteiger partial charge on any atom is -0.337 e. The van der Waals surface area contributed by atoms with E-state index >= 15 is 0 Å². The van der Waals surface area contributed by atoms with Gasteiger partial charge in [0.25, 0.3) is 0 Å². The molecule has 218 valence electrons. The van der Waals surface area contributed by atoms with Gasteiger partial charge < -0.3 is 9.80 Å². The predicted octanol–water partition coefficient (Wildman–Crippen LogP) is 5.42. The van der Waals surface area contributed by atoms with Gasteiger partial charge in [0.15, 0.2) is 0 Å². The van der Waals surface area contributed by atoms with E-state index in [2.05, 4.69) is 39.2 Å². The van der Waals surface area contributed by atoms with E-state index in [1.54, 1.807) is 0 Å². The van der Waals surface area contributed by atoms with E-state index in [4.69, 9.17) is 0 Å². The van der Waals surface area contributed by atoms with E-state index < -0.39 is 0 Å². The van der Waals surface area contributed by atoms with Gasteiger partial charge in [-0.2, -0.15) is 5.10 Å². The van der Waals surface area contributed by atoms with Crippen molar-refractivity contribution in [1.29, 1.82) is 0 Å². The van der Waals surface area contributed by atoms with Gasteiger partial charge >= 0.3 is 0 Å². The topological polar surface area (TPSA) is 74.6 Å². The smallest absolute Gasteiger partial charge is 0.226 e. The molecule has 2 aliphatic rings. The summed E-state index contributed by atoms with van der Waals surface area (Å²) in [6.07, 6.45) is 10.6. The average molecular weight is 565 g/mol. The highest BCUT2D eigenvalue weighted by molar-refractivity contribution is 5.94. The molecule has 2 unspecified atom stereocenters. The Balaban J connectivity index is 1.33. The molecule has 2 atom stereocenters. The predicted molar refractivity (Wildman–Crippen MR) is 165 cm³/mol. The lowest BCUT2D eigenvalue weighted by Crippen LogP contribution is -2.52. The maximum Gasteiger partial charge on any atom is 0.226 e. The SMILES string of the molecule is CCC(=O)N1CCC2CCCC(CN(C(=O)CCn3ncc4ccccc43)Cc3ccccc31)N2Cc1ccncc1. The summed E-state index contributed by atoms with van der Waals surface area (Å²) in [5.41, 5.74) is 4.22. The highest BCUT2D eigenvalue weighted by atomic mass is 16.2. The summed E-state index contributed by atoms with van der Waals surface area (Å²) < 4.78 is 1.93. The van der Waals surface area contributed by atoms with Crippen molar-refractivity contribution in [1.82, 2.24) is 24.6 Å². The first kappa shape index (κ1) is 28.1. The lowest BCUT2D eigenvalue weighted by Gasteiger charge is -2.44. The number of anilines is 1. The monoisotopic (exact) mass is 564 g/mol. The lowest BCUT2D eigenvalue weighted by atomic mass is 9.92. The molecule has 2 aromatic heterocycles. The fourth-order valence-electron chi connectivity index (χ4n) is 6.72. The first-order chi connectivity index (χ1) is 20.6. The van der Waals surface area contributed by atoms with Crippen LogP contribution in [0.4, 0.5) is 5.69 Å². The van der Waals surface area contributed by atoms with Crippen LogP contribution in [0.5, 0.6) is 0 Å². The molecular formula is C34H40N6O2. The number of fused-ring (bicyclic) bond motifs is 4. The van der Waals surface area contributed by atoms with Crippen LogP contribution in [-0.4, -0.2) is 61.6 Å². The molecule has 2 aliphatic heterocycles. The molecule has 8 heteroatoms. The second-order valence-electron chi connectivity index (χ2n) is 11.5. The third-order valence-electron chi connectivity index (χ3n) is 8.93. The van der Waals surface area contributed by atoms with Crippen molar-refractivity contribution >= 4 is 28.4 Å². The van der Waals surface area contributed by atoms with Crippen molar-refractivity contribution in [3.8, 4) is 0 Å². The van der Waals surface area contributed by atoms with Crippen LogP contribution >= 0.6 is 0 Å². The molecule has 2 amide bonds. The Morgan fingerprint density at radius 2 is 1.69 bits per heavy atom. The van der Waals surface area contributed by atoms with Gasteiger partial charge in [0.05, 0.1) is 18.3 Å². The Hall–Kier alpha value is -4.04. The van der Waals surface area contributed by atoms with E-state index in [0.29, 0.717) is 45.1 Å². The van der Waals surface area contributed by atoms with Crippen LogP contribution < -0.4 is 4.90 Å². The van der Waals surface area contributed by atoms with Crippen molar-refractivity contribution in [3.63, 3.8) is 0 Å². The number of benzene rings is 2. The molecule has 0 radical (unpaired) electrons. The van der Waals surface area contributed by atoms with Crippen LogP contribution in [0.25, 0.3) is 10.9 Å². The first-order valence-corrected chi connectivity index (χ1v) is 15.3. The largest absolute Gasteiger partial charge is 0.337 e. The molecule has 0 spiro atoms. The molecule has 42 heavy (non-hydrogen) atoms. The maximum absolute atomic E-state index is 14.1. The zero-order chi connectivity index (χ0) is 28.9. The minimum absolute atomic E-state index is 0.114. The molecule has 0 aliphatic carbocycles. The Bertz CT molecular complexity index is 1520. The highest BCUT2D eigenvalue weighted by Crippen LogP contribution is 2.32. The third-order valence-corrected chi connectivity index (χ3v) is 8.93. The van der Waals surface area contributed by atoms with E-state index in [1.807, 2.05) is 76.4 Å². The zero-order valence-corrected chi connectivity index (χ0v) is 24.4. The van der Waals surface area contributed by atoms with Crippen LogP contribution in [0.2, 0.25) is 0 Å². The average Bonchev–Trinajstić information content (AvgIpc) is 3.44. The summed E-state index contributed by atoms with van der Waals surface area (Å²) >= 11 is 0. The molecule has 6 rings (SSSR count). The molecule has 1 fully saturated rings. The number of para-hydroxylation sites is 2. The molecule has 8 nitrogen and oxygen atoms in total. The summed E-state index contributed by atoms with van der Waals surface area (Å²) in [6.45, 7) is 5.08. The van der Waals surface area contributed by atoms with Crippen molar-refractivity contribution in [2.45, 2.75) is 77.2 Å². The van der Waals surface area contributed by atoms with Gasteiger partial charge in [0.1, 0.15) is 0 Å². The van der Waals surface area contributed by atoms with Gasteiger partial charge in [-0.15, -0.1) is 0 Å². The summed E-state index contributed by atoms with van der Waals surface area (Å²) in [4.78, 5) is 38.2. The van der Waals surface area contributed by atoms with Crippen molar-refractivity contribution < 1.29 is 9.59 Å². The van der Waals surface area contributed by atoms with Gasteiger partial charge in [-0.05, 0) is 54.7 Å². The quantitative estimate of drug-likeness (QED) is 0.313. The Kier molecular flexibility index (Phi) is 8.60. The molecule has 2 aromatic carbocycles. The van der Waals surface area contributed by atoms with Crippen molar-refractivity contribution in [3.05, 3.63) is 90.4 Å². The Morgan fingerprint density at radius 1 is 0.905 bits per heavy atom. The fraction of sp³-hybridized carbons (Fsp3) is 0.412. The number of aromatic nitrogens is 3. The van der Waals surface area contributed by atoms with Crippen LogP contribution in [0.3, 0.4) is 0 Å². The van der Waals surface area contributed by atoms with Crippen LogP contribution in [0.1, 0.15) is 56.6 Å². The van der Waals surface area contributed by atoms with E-state index in [1.165, 1.54) is 5.56 Å². The summed E-state index contributed by atoms with van der Waals surface area (Å²) in [7, 11) is 0. The van der Waals surface area contributed by atoms with Gasteiger partial charge in [-0.3, -0.25) is 24.2 Å². The Labute approximate surface area is 247 Å². The van der Waals surface area contributed by atoms with Gasteiger partial charge in [-0.1, -0.05) is 49.7 Å². The minimum atomic E-state index is 0.114. The summed E-state index contributed by atoms with van der Waals surface area (Å²) in [5.74, 6) is 0.237. The number of piperidine rings is 1. The first-order valence-electron chi connectivity index (χ1n) is 15.3. The van der Waals surface area contributed by atoms with E-state index in [0.717, 1.165) is 54.4 Å². The number of carbonyl (C=O) groups excluding carboxylic acids is 2. The molecule has 2 bridgehead atoms. The maximum atomic E-state index is 14.1. The second kappa shape index (κ2) is 12.9. The fourth-order valence-corrected chi connectivity index (χ4v) is 6.72. The third kappa shape index (κ3) is 6.09. The number of aryl methyl sites for hydroxylation is 1. The van der Waals surface area contributed by atoms with Gasteiger partial charge in [0, 0.05) is 74.6 Å². The van der Waals surface area contributed by atoms with Gasteiger partial charge in [-0.25, -0.2) is 0 Å². The standard InChI is InChI=1S/C34H40N6O2/c1-2-33(41)38-20-16-29-10-7-11-30(39(29)23-26-14-18-35-19-15-26)25-37(24-28-9-4-5-12-31(28)38)34(42)17-21-40-32-13-6-3-8-27(32)22-36-40/h3-6,8-9,12-15,18-19,22,29-30H,2,7,10-11,16-17,20-21,23-25H2,1H3. The zero-order valence-electron chi connectivity index (χ0n) is 24.4. The number of amides is 2. The Morgan fingerprint density at radius 3 is 2.55 bits per heavy atom. The summed E-state index contributed by atoms with van der Waals surface area (Å²) in [6, 6.07) is 21.0. The number of rotatable bonds is 6. The molecular weight excluding hydrogens is 524 g/mol. The molecule has 0 N–H and O–H groups in total. The van der Waals surface area contributed by atoms with E-state index in [-0.39, 0.29) is 17.9 Å². The molecule has 1 saturated heterocycles. The van der Waals surface area contributed by atoms with Gasteiger partial charge in [0.2, 0.25) is 11.8 Å². The molecule has 0 saturated carbocycles. The summed E-state index contributed by atoms with van der Waals surface area (Å²) in [5, 5.41) is 5.64. The number of carbonyl (C=O) groups is 2. The number of nitrogens with zero attached hydrogens (tertiary/aromatic N) is 6. The number of pyridine rings is 1. The molecule has 4 heterocycles. The second-order valence-corrected chi connectivity index (χ2v) is 11.5. The number of hydrogen-bond donors (Lipinski definition) is 0. The van der Waals surface area contributed by atoms with Crippen LogP contribution in [-0.2, 0) is 29.2 Å². The van der Waals surface area contributed by atoms with Crippen LogP contribution in [0, 0.1) is 0 Å².